The van der Waals surface area contributed by atoms with Crippen LogP contribution in [0.5, 0.6) is 0 Å². The summed E-state index contributed by atoms with van der Waals surface area (Å²) < 4.78 is 5.21. The number of fused-ring (bicyclic) bond motifs is 1. The maximum Gasteiger partial charge on any atom is 0.347 e. The standard InChI is InChI=1S/C18H15NO3/c1-19(2)14-9-7-12(8-10-14)17(20)15-11-13-5-3-4-6-16(13)22-18(15)21/h3-11H,1-2H3. The van der Waals surface area contributed by atoms with Crippen LogP contribution in [0.1, 0.15) is 15.9 Å². The van der Waals surface area contributed by atoms with E-state index < -0.39 is 5.63 Å². The van der Waals surface area contributed by atoms with Crippen LogP contribution in [0.25, 0.3) is 11.0 Å². The summed E-state index contributed by atoms with van der Waals surface area (Å²) in [6.45, 7) is 0. The van der Waals surface area contributed by atoms with E-state index in [1.54, 1.807) is 30.3 Å². The van der Waals surface area contributed by atoms with Gasteiger partial charge in [0.25, 0.3) is 0 Å². The summed E-state index contributed by atoms with van der Waals surface area (Å²) >= 11 is 0. The van der Waals surface area contributed by atoms with E-state index in [9.17, 15) is 9.59 Å². The highest BCUT2D eigenvalue weighted by molar-refractivity contribution is 6.09. The Labute approximate surface area is 127 Å². The number of carbonyl (C=O) groups excluding carboxylic acids is 1. The van der Waals surface area contributed by atoms with E-state index in [0.717, 1.165) is 11.1 Å². The topological polar surface area (TPSA) is 50.5 Å². The molecule has 22 heavy (non-hydrogen) atoms. The van der Waals surface area contributed by atoms with E-state index in [1.807, 2.05) is 43.3 Å². The monoisotopic (exact) mass is 293 g/mol. The van der Waals surface area contributed by atoms with Crippen LogP contribution >= 0.6 is 0 Å². The number of rotatable bonds is 3. The summed E-state index contributed by atoms with van der Waals surface area (Å²) in [5.41, 5.74) is 1.37. The quantitative estimate of drug-likeness (QED) is 0.550. The fraction of sp³-hybridized carbons (Fsp3) is 0.111. The number of anilines is 1. The van der Waals surface area contributed by atoms with Gasteiger partial charge in [0, 0.05) is 30.7 Å². The minimum atomic E-state index is -0.611. The molecule has 0 aliphatic rings. The van der Waals surface area contributed by atoms with Crippen LogP contribution in [0.4, 0.5) is 5.69 Å². The van der Waals surface area contributed by atoms with Crippen LogP contribution < -0.4 is 10.5 Å². The SMILES string of the molecule is CN(C)c1ccc(C(=O)c2cc3ccccc3oc2=O)cc1. The molecule has 0 saturated carbocycles. The zero-order valence-corrected chi connectivity index (χ0v) is 12.4. The Kier molecular flexibility index (Phi) is 3.51. The van der Waals surface area contributed by atoms with E-state index >= 15 is 0 Å². The molecule has 1 heterocycles. The summed E-state index contributed by atoms with van der Waals surface area (Å²) in [5.74, 6) is -0.329. The summed E-state index contributed by atoms with van der Waals surface area (Å²) in [7, 11) is 3.85. The number of hydrogen-bond donors (Lipinski definition) is 0. The largest absolute Gasteiger partial charge is 0.422 e. The fourth-order valence-electron chi connectivity index (χ4n) is 2.29. The van der Waals surface area contributed by atoms with E-state index in [0.29, 0.717) is 11.1 Å². The van der Waals surface area contributed by atoms with Crippen LogP contribution in [0.15, 0.2) is 63.8 Å². The highest BCUT2D eigenvalue weighted by Gasteiger charge is 2.15. The van der Waals surface area contributed by atoms with Gasteiger partial charge in [0.05, 0.1) is 0 Å². The van der Waals surface area contributed by atoms with Crippen LogP contribution in [-0.4, -0.2) is 19.9 Å². The van der Waals surface area contributed by atoms with Gasteiger partial charge in [0.1, 0.15) is 11.1 Å². The van der Waals surface area contributed by atoms with Crippen LogP contribution in [0.2, 0.25) is 0 Å². The third-order valence-electron chi connectivity index (χ3n) is 3.53. The van der Waals surface area contributed by atoms with Crippen molar-refractivity contribution in [1.29, 1.82) is 0 Å². The van der Waals surface area contributed by atoms with Gasteiger partial charge in [-0.2, -0.15) is 0 Å². The average molecular weight is 293 g/mol. The number of benzene rings is 2. The Morgan fingerprint density at radius 3 is 2.36 bits per heavy atom. The number of ketones is 1. The van der Waals surface area contributed by atoms with Gasteiger partial charge in [-0.25, -0.2) is 4.79 Å². The number of nitrogens with zero attached hydrogens (tertiary/aromatic N) is 1. The van der Waals surface area contributed by atoms with Crippen molar-refractivity contribution in [2.24, 2.45) is 0 Å². The minimum absolute atomic E-state index is 0.0521. The summed E-state index contributed by atoms with van der Waals surface area (Å²) in [6, 6.07) is 15.8. The molecule has 4 heteroatoms. The van der Waals surface area contributed by atoms with E-state index in [2.05, 4.69) is 0 Å². The number of carbonyl (C=O) groups is 1. The Morgan fingerprint density at radius 1 is 1.00 bits per heavy atom. The zero-order chi connectivity index (χ0) is 15.7. The van der Waals surface area contributed by atoms with Gasteiger partial charge < -0.3 is 9.32 Å². The van der Waals surface area contributed by atoms with Gasteiger partial charge in [0.15, 0.2) is 5.78 Å². The van der Waals surface area contributed by atoms with Crippen LogP contribution in [0.3, 0.4) is 0 Å². The molecule has 0 atom stereocenters. The van der Waals surface area contributed by atoms with Crippen molar-refractivity contribution in [2.45, 2.75) is 0 Å². The molecular formula is C18H15NO3. The molecule has 3 rings (SSSR count). The normalized spacial score (nSPS) is 10.6. The highest BCUT2D eigenvalue weighted by Crippen LogP contribution is 2.17. The Bertz CT molecular complexity index is 892. The van der Waals surface area contributed by atoms with Crippen molar-refractivity contribution in [3.63, 3.8) is 0 Å². The van der Waals surface area contributed by atoms with E-state index in [-0.39, 0.29) is 11.3 Å². The molecule has 4 nitrogen and oxygen atoms in total. The van der Waals surface area contributed by atoms with Gasteiger partial charge >= 0.3 is 5.63 Å². The zero-order valence-electron chi connectivity index (χ0n) is 12.4. The van der Waals surface area contributed by atoms with Gasteiger partial charge in [-0.1, -0.05) is 18.2 Å². The first-order valence-corrected chi connectivity index (χ1v) is 6.91. The van der Waals surface area contributed by atoms with Crippen molar-refractivity contribution in [1.82, 2.24) is 0 Å². The Morgan fingerprint density at radius 2 is 1.68 bits per heavy atom. The molecule has 0 radical (unpaired) electrons. The molecule has 0 fully saturated rings. The summed E-state index contributed by atoms with van der Waals surface area (Å²) in [5, 5.41) is 0.732. The Hall–Kier alpha value is -2.88. The lowest BCUT2D eigenvalue weighted by Gasteiger charge is -2.12. The lowest BCUT2D eigenvalue weighted by atomic mass is 10.0. The minimum Gasteiger partial charge on any atom is -0.422 e. The fourth-order valence-corrected chi connectivity index (χ4v) is 2.29. The van der Waals surface area contributed by atoms with Crippen LogP contribution in [-0.2, 0) is 0 Å². The van der Waals surface area contributed by atoms with Crippen LogP contribution in [0, 0.1) is 0 Å². The van der Waals surface area contributed by atoms with E-state index in [4.69, 9.17) is 4.42 Å². The molecule has 0 amide bonds. The molecule has 0 N–H and O–H groups in total. The third kappa shape index (κ3) is 2.51. The van der Waals surface area contributed by atoms with Crippen molar-refractivity contribution >= 4 is 22.4 Å². The molecule has 0 spiro atoms. The number of para-hydroxylation sites is 1. The lowest BCUT2D eigenvalue weighted by molar-refractivity contribution is 0.103. The molecule has 0 saturated heterocycles. The van der Waals surface area contributed by atoms with Gasteiger partial charge in [-0.05, 0) is 36.4 Å². The predicted octanol–water partition coefficient (Wildman–Crippen LogP) is 3.09. The van der Waals surface area contributed by atoms with Gasteiger partial charge in [-0.15, -0.1) is 0 Å². The summed E-state index contributed by atoms with van der Waals surface area (Å²) in [6.07, 6.45) is 0. The molecule has 0 aliphatic heterocycles. The molecule has 0 aliphatic carbocycles. The average Bonchev–Trinajstić information content (AvgIpc) is 2.53. The molecule has 0 unspecified atom stereocenters. The molecule has 3 aromatic rings. The first-order valence-electron chi connectivity index (χ1n) is 6.91. The molecule has 0 bridgehead atoms. The first kappa shape index (κ1) is 14.1. The predicted molar refractivity (Wildman–Crippen MR) is 86.7 cm³/mol. The molecule has 1 aromatic heterocycles. The van der Waals surface area contributed by atoms with Crippen molar-refractivity contribution in [2.75, 3.05) is 19.0 Å². The third-order valence-corrected chi connectivity index (χ3v) is 3.53. The Balaban J connectivity index is 2.04. The molecule has 2 aromatic carbocycles. The second kappa shape index (κ2) is 5.48. The molecule has 110 valence electrons. The summed E-state index contributed by atoms with van der Waals surface area (Å²) in [4.78, 5) is 26.5. The lowest BCUT2D eigenvalue weighted by Crippen LogP contribution is -2.15. The molecular weight excluding hydrogens is 278 g/mol. The van der Waals surface area contributed by atoms with Crippen molar-refractivity contribution in [3.05, 3.63) is 76.1 Å². The van der Waals surface area contributed by atoms with E-state index in [1.165, 1.54) is 0 Å². The second-order valence-corrected chi connectivity index (χ2v) is 5.26. The van der Waals surface area contributed by atoms with Crippen molar-refractivity contribution < 1.29 is 9.21 Å². The second-order valence-electron chi connectivity index (χ2n) is 5.26. The maximum atomic E-state index is 12.5. The smallest absolute Gasteiger partial charge is 0.347 e. The van der Waals surface area contributed by atoms with Gasteiger partial charge in [0.2, 0.25) is 0 Å². The maximum absolute atomic E-state index is 12.5. The van der Waals surface area contributed by atoms with Gasteiger partial charge in [-0.3, -0.25) is 4.79 Å². The van der Waals surface area contributed by atoms with Crippen molar-refractivity contribution in [3.8, 4) is 0 Å². The highest BCUT2D eigenvalue weighted by atomic mass is 16.4. The number of hydrogen-bond acceptors (Lipinski definition) is 4. The first-order chi connectivity index (χ1) is 10.6.